The Kier molecular flexibility index (Phi) is 3.41. The zero-order valence-electron chi connectivity index (χ0n) is 7.63. The SMILES string of the molecule is Cc1ccc(C#N)c(OCC(F)F)c1. The van der Waals surface area contributed by atoms with Crippen LogP contribution in [-0.4, -0.2) is 13.0 Å². The summed E-state index contributed by atoms with van der Waals surface area (Å²) in [5.41, 5.74) is 1.14. The molecule has 0 radical (unpaired) electrons. The highest BCUT2D eigenvalue weighted by Crippen LogP contribution is 2.19. The predicted octanol–water partition coefficient (Wildman–Crippen LogP) is 2.51. The van der Waals surface area contributed by atoms with Crippen molar-refractivity contribution >= 4 is 0 Å². The number of alkyl halides is 2. The molecule has 2 nitrogen and oxygen atoms in total. The Hall–Kier alpha value is -1.63. The van der Waals surface area contributed by atoms with E-state index in [0.29, 0.717) is 0 Å². The highest BCUT2D eigenvalue weighted by Gasteiger charge is 2.07. The van der Waals surface area contributed by atoms with E-state index in [1.807, 2.05) is 6.07 Å². The van der Waals surface area contributed by atoms with E-state index < -0.39 is 13.0 Å². The van der Waals surface area contributed by atoms with Gasteiger partial charge in [-0.05, 0) is 24.6 Å². The zero-order valence-corrected chi connectivity index (χ0v) is 7.63. The summed E-state index contributed by atoms with van der Waals surface area (Å²) in [4.78, 5) is 0. The van der Waals surface area contributed by atoms with Crippen LogP contribution in [0.1, 0.15) is 11.1 Å². The number of nitriles is 1. The fraction of sp³-hybridized carbons (Fsp3) is 0.300. The van der Waals surface area contributed by atoms with Gasteiger partial charge < -0.3 is 4.74 Å². The summed E-state index contributed by atoms with van der Waals surface area (Å²) in [7, 11) is 0. The van der Waals surface area contributed by atoms with Gasteiger partial charge in [0.05, 0.1) is 5.56 Å². The molecule has 14 heavy (non-hydrogen) atoms. The average molecular weight is 197 g/mol. The maximum Gasteiger partial charge on any atom is 0.272 e. The molecule has 74 valence electrons. The number of benzene rings is 1. The van der Waals surface area contributed by atoms with Crippen LogP contribution in [-0.2, 0) is 0 Å². The first kappa shape index (κ1) is 10.5. The summed E-state index contributed by atoms with van der Waals surface area (Å²) >= 11 is 0. The minimum absolute atomic E-state index is 0.216. The van der Waals surface area contributed by atoms with Crippen molar-refractivity contribution in [2.75, 3.05) is 6.61 Å². The molecule has 0 N–H and O–H groups in total. The van der Waals surface area contributed by atoms with Gasteiger partial charge in [0.15, 0.2) is 0 Å². The number of halogens is 2. The van der Waals surface area contributed by atoms with E-state index in [2.05, 4.69) is 0 Å². The lowest BCUT2D eigenvalue weighted by Gasteiger charge is -2.07. The molecular formula is C10H9F2NO. The minimum atomic E-state index is -2.53. The van der Waals surface area contributed by atoms with Gasteiger partial charge in [-0.15, -0.1) is 0 Å². The van der Waals surface area contributed by atoms with Crippen LogP contribution in [0.3, 0.4) is 0 Å². The van der Waals surface area contributed by atoms with Crippen LogP contribution in [0.15, 0.2) is 18.2 Å². The lowest BCUT2D eigenvalue weighted by Crippen LogP contribution is -2.07. The van der Waals surface area contributed by atoms with Gasteiger partial charge in [-0.2, -0.15) is 5.26 Å². The van der Waals surface area contributed by atoms with Crippen LogP contribution in [0.5, 0.6) is 5.75 Å². The highest BCUT2D eigenvalue weighted by atomic mass is 19.3. The maximum absolute atomic E-state index is 11.8. The van der Waals surface area contributed by atoms with Gasteiger partial charge in [0.2, 0.25) is 0 Å². The van der Waals surface area contributed by atoms with E-state index in [1.54, 1.807) is 25.1 Å². The first-order chi connectivity index (χ1) is 6.63. The quantitative estimate of drug-likeness (QED) is 0.745. The number of ether oxygens (including phenoxy) is 1. The smallest absolute Gasteiger partial charge is 0.272 e. The Morgan fingerprint density at radius 1 is 1.50 bits per heavy atom. The molecule has 0 saturated carbocycles. The molecule has 1 aromatic rings. The van der Waals surface area contributed by atoms with Crippen molar-refractivity contribution in [3.05, 3.63) is 29.3 Å². The van der Waals surface area contributed by atoms with Gasteiger partial charge in [-0.1, -0.05) is 6.07 Å². The van der Waals surface area contributed by atoms with Crippen LogP contribution in [0.25, 0.3) is 0 Å². The molecule has 1 rings (SSSR count). The van der Waals surface area contributed by atoms with Crippen molar-refractivity contribution < 1.29 is 13.5 Å². The summed E-state index contributed by atoms with van der Waals surface area (Å²) in [6.45, 7) is 1.12. The normalized spacial score (nSPS) is 9.93. The summed E-state index contributed by atoms with van der Waals surface area (Å²) in [5, 5.41) is 8.66. The Morgan fingerprint density at radius 2 is 2.21 bits per heavy atom. The molecule has 0 aliphatic heterocycles. The monoisotopic (exact) mass is 197 g/mol. The number of hydrogen-bond acceptors (Lipinski definition) is 2. The first-order valence-corrected chi connectivity index (χ1v) is 4.05. The standard InChI is InChI=1S/C10H9F2NO/c1-7-2-3-8(5-13)9(4-7)14-6-10(11)12/h2-4,10H,6H2,1H3. The molecule has 0 amide bonds. The Balaban J connectivity index is 2.84. The van der Waals surface area contributed by atoms with Crippen LogP contribution >= 0.6 is 0 Å². The highest BCUT2D eigenvalue weighted by molar-refractivity contribution is 5.44. The van der Waals surface area contributed by atoms with Gasteiger partial charge in [-0.3, -0.25) is 0 Å². The van der Waals surface area contributed by atoms with E-state index in [4.69, 9.17) is 10.00 Å². The summed E-state index contributed by atoms with van der Waals surface area (Å²) in [6, 6.07) is 6.73. The fourth-order valence-electron chi connectivity index (χ4n) is 0.994. The van der Waals surface area contributed by atoms with Crippen LogP contribution in [0.2, 0.25) is 0 Å². The largest absolute Gasteiger partial charge is 0.486 e. The summed E-state index contributed by atoms with van der Waals surface area (Å²) in [5.74, 6) is 0.216. The molecule has 4 heteroatoms. The zero-order chi connectivity index (χ0) is 10.6. The van der Waals surface area contributed by atoms with Gasteiger partial charge in [-0.25, -0.2) is 8.78 Å². The molecule has 0 aromatic heterocycles. The Bertz CT molecular complexity index is 358. The summed E-state index contributed by atoms with van der Waals surface area (Å²) in [6.07, 6.45) is -2.53. The van der Waals surface area contributed by atoms with Gasteiger partial charge in [0.1, 0.15) is 18.4 Å². The molecule has 1 aromatic carbocycles. The fourth-order valence-corrected chi connectivity index (χ4v) is 0.994. The molecule has 0 aliphatic rings. The second-order valence-electron chi connectivity index (χ2n) is 2.81. The lowest BCUT2D eigenvalue weighted by molar-refractivity contribution is 0.0817. The molecule has 0 saturated heterocycles. The molecule has 0 heterocycles. The van der Waals surface area contributed by atoms with Crippen LogP contribution < -0.4 is 4.74 Å². The number of hydrogen-bond donors (Lipinski definition) is 0. The third-order valence-corrected chi connectivity index (χ3v) is 1.62. The topological polar surface area (TPSA) is 33.0 Å². The van der Waals surface area contributed by atoms with Gasteiger partial charge >= 0.3 is 0 Å². The molecule has 0 fully saturated rings. The minimum Gasteiger partial charge on any atom is -0.486 e. The number of nitrogens with zero attached hydrogens (tertiary/aromatic N) is 1. The van der Waals surface area contributed by atoms with E-state index in [9.17, 15) is 8.78 Å². The third kappa shape index (κ3) is 2.70. The second kappa shape index (κ2) is 4.56. The predicted molar refractivity (Wildman–Crippen MR) is 47.4 cm³/mol. The van der Waals surface area contributed by atoms with Crippen LogP contribution in [0.4, 0.5) is 8.78 Å². The van der Waals surface area contributed by atoms with Crippen LogP contribution in [0, 0.1) is 18.3 Å². The molecular weight excluding hydrogens is 188 g/mol. The van der Waals surface area contributed by atoms with Crippen molar-refractivity contribution in [1.82, 2.24) is 0 Å². The first-order valence-electron chi connectivity index (χ1n) is 4.05. The Labute approximate surface area is 80.7 Å². The third-order valence-electron chi connectivity index (χ3n) is 1.62. The van der Waals surface area contributed by atoms with Crippen molar-refractivity contribution in [2.24, 2.45) is 0 Å². The number of rotatable bonds is 3. The van der Waals surface area contributed by atoms with E-state index >= 15 is 0 Å². The van der Waals surface area contributed by atoms with Gasteiger partial charge in [0.25, 0.3) is 6.43 Å². The summed E-state index contributed by atoms with van der Waals surface area (Å²) < 4.78 is 28.5. The Morgan fingerprint density at radius 3 is 2.79 bits per heavy atom. The molecule has 0 spiro atoms. The van der Waals surface area contributed by atoms with Crippen molar-refractivity contribution in [3.63, 3.8) is 0 Å². The average Bonchev–Trinajstić information content (AvgIpc) is 2.15. The van der Waals surface area contributed by atoms with E-state index in [0.717, 1.165) is 5.56 Å². The van der Waals surface area contributed by atoms with Gasteiger partial charge in [0, 0.05) is 0 Å². The molecule has 0 aliphatic carbocycles. The molecule has 0 atom stereocenters. The second-order valence-corrected chi connectivity index (χ2v) is 2.81. The molecule has 0 unspecified atom stereocenters. The van der Waals surface area contributed by atoms with Crippen molar-refractivity contribution in [3.8, 4) is 11.8 Å². The number of aryl methyl sites for hydroxylation is 1. The van der Waals surface area contributed by atoms with Crippen molar-refractivity contribution in [2.45, 2.75) is 13.3 Å². The van der Waals surface area contributed by atoms with Crippen molar-refractivity contribution in [1.29, 1.82) is 5.26 Å². The lowest BCUT2D eigenvalue weighted by atomic mass is 10.1. The molecule has 0 bridgehead atoms. The van der Waals surface area contributed by atoms with E-state index in [-0.39, 0.29) is 11.3 Å². The van der Waals surface area contributed by atoms with E-state index in [1.165, 1.54) is 0 Å². The maximum atomic E-state index is 11.8.